The largest absolute Gasteiger partial charge is 0.103 e. The van der Waals surface area contributed by atoms with Gasteiger partial charge in [0.2, 0.25) is 0 Å². The van der Waals surface area contributed by atoms with Gasteiger partial charge in [0.1, 0.15) is 0 Å². The maximum Gasteiger partial charge on any atom is -0.00963 e. The van der Waals surface area contributed by atoms with E-state index in [4.69, 9.17) is 0 Å². The minimum atomic E-state index is 1.09. The van der Waals surface area contributed by atoms with Crippen molar-refractivity contribution in [1.82, 2.24) is 0 Å². The third-order valence-corrected chi connectivity index (χ3v) is 2.85. The molecule has 0 aromatic rings. The van der Waals surface area contributed by atoms with Crippen LogP contribution in [0.5, 0.6) is 0 Å². The average molecular weight is 160 g/mol. The summed E-state index contributed by atoms with van der Waals surface area (Å²) in [5.41, 5.74) is 4.95. The molecule has 0 heterocycles. The Balaban J connectivity index is 2.08. The van der Waals surface area contributed by atoms with Crippen molar-refractivity contribution in [1.29, 1.82) is 0 Å². The van der Waals surface area contributed by atoms with E-state index < -0.39 is 0 Å². The van der Waals surface area contributed by atoms with E-state index in [2.05, 4.69) is 12.7 Å². The van der Waals surface area contributed by atoms with Gasteiger partial charge in [0.25, 0.3) is 0 Å². The van der Waals surface area contributed by atoms with Gasteiger partial charge in [0, 0.05) is 0 Å². The molecule has 12 heavy (non-hydrogen) atoms. The van der Waals surface area contributed by atoms with E-state index in [1.807, 2.05) is 6.08 Å². The highest BCUT2D eigenvalue weighted by Gasteiger charge is 2.17. The first-order chi connectivity index (χ1) is 5.90. The summed E-state index contributed by atoms with van der Waals surface area (Å²) in [6, 6.07) is 0. The third kappa shape index (κ3) is 1.38. The molecule has 0 nitrogen and oxygen atoms in total. The number of allylic oxidation sites excluding steroid dienone is 5. The molecule has 0 saturated carbocycles. The van der Waals surface area contributed by atoms with Gasteiger partial charge in [-0.3, -0.25) is 0 Å². The lowest BCUT2D eigenvalue weighted by atomic mass is 9.93. The Hall–Kier alpha value is -0.780. The molecule has 0 aromatic heterocycles. The van der Waals surface area contributed by atoms with Crippen molar-refractivity contribution in [2.45, 2.75) is 38.5 Å². The zero-order valence-corrected chi connectivity index (χ0v) is 7.60. The fourth-order valence-electron chi connectivity index (χ4n) is 2.26. The Morgan fingerprint density at radius 1 is 1.33 bits per heavy atom. The Morgan fingerprint density at radius 3 is 2.92 bits per heavy atom. The predicted octanol–water partition coefficient (Wildman–Crippen LogP) is 3.76. The van der Waals surface area contributed by atoms with Gasteiger partial charge in [-0.2, -0.15) is 0 Å². The van der Waals surface area contributed by atoms with Crippen molar-refractivity contribution in [2.24, 2.45) is 0 Å². The van der Waals surface area contributed by atoms with Crippen LogP contribution in [0.4, 0.5) is 0 Å². The zero-order chi connectivity index (χ0) is 8.39. The fourth-order valence-corrected chi connectivity index (χ4v) is 2.26. The van der Waals surface area contributed by atoms with Gasteiger partial charge in [-0.25, -0.2) is 0 Å². The van der Waals surface area contributed by atoms with Crippen LogP contribution < -0.4 is 0 Å². The molecule has 0 amide bonds. The predicted molar refractivity (Wildman–Crippen MR) is 53.0 cm³/mol. The minimum absolute atomic E-state index is 1.09. The Kier molecular flexibility index (Phi) is 2.16. The average Bonchev–Trinajstić information content (AvgIpc) is 2.47. The van der Waals surface area contributed by atoms with Crippen LogP contribution in [-0.4, -0.2) is 0 Å². The van der Waals surface area contributed by atoms with Crippen molar-refractivity contribution >= 4 is 0 Å². The van der Waals surface area contributed by atoms with E-state index in [-0.39, 0.29) is 0 Å². The summed E-state index contributed by atoms with van der Waals surface area (Å²) in [6.07, 6.45) is 12.3. The van der Waals surface area contributed by atoms with Crippen LogP contribution in [0, 0.1) is 0 Å². The first-order valence-electron chi connectivity index (χ1n) is 4.91. The van der Waals surface area contributed by atoms with E-state index >= 15 is 0 Å². The molecule has 0 bridgehead atoms. The van der Waals surface area contributed by atoms with Crippen molar-refractivity contribution in [3.8, 4) is 0 Å². The smallest absolute Gasteiger partial charge is 0.00963 e. The lowest BCUT2D eigenvalue weighted by molar-refractivity contribution is 0.679. The van der Waals surface area contributed by atoms with Crippen molar-refractivity contribution in [2.75, 3.05) is 0 Å². The second-order valence-corrected chi connectivity index (χ2v) is 3.81. The molecule has 0 atom stereocenters. The molecule has 0 aliphatic heterocycles. The minimum Gasteiger partial charge on any atom is -0.103 e. The molecule has 0 fully saturated rings. The summed E-state index contributed by atoms with van der Waals surface area (Å²) in [5.74, 6) is 0. The zero-order valence-electron chi connectivity index (χ0n) is 7.60. The van der Waals surface area contributed by atoms with E-state index in [0.717, 1.165) is 6.42 Å². The molecular weight excluding hydrogens is 144 g/mol. The maximum absolute atomic E-state index is 3.78. The molecule has 64 valence electrons. The Morgan fingerprint density at radius 2 is 2.17 bits per heavy atom. The van der Waals surface area contributed by atoms with Crippen molar-refractivity contribution in [3.63, 3.8) is 0 Å². The normalized spacial score (nSPS) is 22.2. The molecular formula is C12H16. The van der Waals surface area contributed by atoms with Gasteiger partial charge >= 0.3 is 0 Å². The lowest BCUT2D eigenvalue weighted by Crippen LogP contribution is -1.93. The fraction of sp³-hybridized carbons (Fsp3) is 0.500. The van der Waals surface area contributed by atoms with E-state index in [0.29, 0.717) is 0 Å². The van der Waals surface area contributed by atoms with E-state index in [1.165, 1.54) is 32.1 Å². The molecule has 0 saturated heterocycles. The van der Waals surface area contributed by atoms with Crippen LogP contribution in [-0.2, 0) is 0 Å². The van der Waals surface area contributed by atoms with Gasteiger partial charge in [-0.05, 0) is 44.1 Å². The van der Waals surface area contributed by atoms with Crippen LogP contribution in [0.1, 0.15) is 38.5 Å². The summed E-state index contributed by atoms with van der Waals surface area (Å²) >= 11 is 0. The summed E-state index contributed by atoms with van der Waals surface area (Å²) in [5, 5.41) is 0. The maximum atomic E-state index is 3.78. The Labute approximate surface area is 74.7 Å². The summed E-state index contributed by atoms with van der Waals surface area (Å²) < 4.78 is 0. The first-order valence-corrected chi connectivity index (χ1v) is 4.91. The highest BCUT2D eigenvalue weighted by atomic mass is 14.2. The number of rotatable bonds is 2. The summed E-state index contributed by atoms with van der Waals surface area (Å²) in [7, 11) is 0. The molecule has 0 spiro atoms. The van der Waals surface area contributed by atoms with Gasteiger partial charge < -0.3 is 0 Å². The molecule has 0 N–H and O–H groups in total. The van der Waals surface area contributed by atoms with Gasteiger partial charge in [0.05, 0.1) is 0 Å². The number of hydrogen-bond donors (Lipinski definition) is 0. The number of hydrogen-bond acceptors (Lipinski definition) is 0. The SMILES string of the molecule is C=CCC1=CC2=C(CCCC2)C1. The standard InChI is InChI=1S/C12H16/c1-2-5-10-8-11-6-3-4-7-12(11)9-10/h2,8H,1,3-7,9H2. The van der Waals surface area contributed by atoms with Gasteiger partial charge in [-0.15, -0.1) is 6.58 Å². The van der Waals surface area contributed by atoms with Crippen molar-refractivity contribution in [3.05, 3.63) is 35.5 Å². The summed E-state index contributed by atoms with van der Waals surface area (Å²) in [6.45, 7) is 3.78. The highest BCUT2D eigenvalue weighted by Crippen LogP contribution is 2.36. The van der Waals surface area contributed by atoms with Gasteiger partial charge in [-0.1, -0.05) is 23.3 Å². The van der Waals surface area contributed by atoms with Crippen molar-refractivity contribution < 1.29 is 0 Å². The lowest BCUT2D eigenvalue weighted by Gasteiger charge is -2.12. The first kappa shape index (κ1) is 7.85. The van der Waals surface area contributed by atoms with Crippen LogP contribution in [0.15, 0.2) is 35.5 Å². The van der Waals surface area contributed by atoms with Crippen LogP contribution in [0.25, 0.3) is 0 Å². The molecule has 0 unspecified atom stereocenters. The van der Waals surface area contributed by atoms with Crippen LogP contribution >= 0.6 is 0 Å². The van der Waals surface area contributed by atoms with E-state index in [1.54, 1.807) is 16.7 Å². The van der Waals surface area contributed by atoms with E-state index in [9.17, 15) is 0 Å². The molecule has 2 rings (SSSR count). The van der Waals surface area contributed by atoms with Crippen LogP contribution in [0.3, 0.4) is 0 Å². The van der Waals surface area contributed by atoms with Crippen LogP contribution in [0.2, 0.25) is 0 Å². The molecule has 0 heteroatoms. The Bertz CT molecular complexity index is 253. The third-order valence-electron chi connectivity index (χ3n) is 2.85. The van der Waals surface area contributed by atoms with Gasteiger partial charge in [0.15, 0.2) is 0 Å². The monoisotopic (exact) mass is 160 g/mol. The molecule has 0 aromatic carbocycles. The highest BCUT2D eigenvalue weighted by molar-refractivity contribution is 5.40. The summed E-state index contributed by atoms with van der Waals surface area (Å²) in [4.78, 5) is 0. The molecule has 2 aliphatic rings. The topological polar surface area (TPSA) is 0 Å². The second kappa shape index (κ2) is 3.30. The second-order valence-electron chi connectivity index (χ2n) is 3.81. The quantitative estimate of drug-likeness (QED) is 0.539. The molecule has 0 radical (unpaired) electrons. The molecule has 2 aliphatic carbocycles.